The predicted octanol–water partition coefficient (Wildman–Crippen LogP) is 5.44. The van der Waals surface area contributed by atoms with Crippen molar-refractivity contribution >= 4 is 43.3 Å². The van der Waals surface area contributed by atoms with Gasteiger partial charge in [-0.15, -0.1) is 6.42 Å². The van der Waals surface area contributed by atoms with Gasteiger partial charge in [0, 0.05) is 48.6 Å². The SMILES string of the molecule is C#Cc1c(F)ccc2cc(OS(=O)(=O)c3ccccc3[N+](=O)[O-])cc(-c3nc4c5c(nc(OC[C@@]67CCCN6C[C@H](F)C7)nc5c3F)N3C[C@H]5CC[C@H](N5)[C@H]3CO4)c12. The minimum atomic E-state index is -4.86. The number of nitrogens with one attached hydrogen (secondary N) is 1. The van der Waals surface area contributed by atoms with Crippen LogP contribution in [-0.2, 0) is 10.1 Å². The van der Waals surface area contributed by atoms with Crippen molar-refractivity contribution < 1.29 is 40.2 Å². The van der Waals surface area contributed by atoms with E-state index in [2.05, 4.69) is 31.0 Å². The second-order valence-corrected chi connectivity index (χ2v) is 17.0. The van der Waals surface area contributed by atoms with E-state index < -0.39 is 60.4 Å². The molecule has 4 fully saturated rings. The number of ether oxygens (including phenoxy) is 2. The number of benzene rings is 3. The molecule has 3 aromatic carbocycles. The topological polar surface area (TPSA) is 162 Å². The summed E-state index contributed by atoms with van der Waals surface area (Å²) in [7, 11) is -4.86. The van der Waals surface area contributed by atoms with Crippen LogP contribution in [0.15, 0.2) is 53.4 Å². The Morgan fingerprint density at radius 3 is 2.78 bits per heavy atom. The van der Waals surface area contributed by atoms with Crippen LogP contribution in [0.25, 0.3) is 32.9 Å². The number of halogens is 3. The Morgan fingerprint density at radius 2 is 1.95 bits per heavy atom. The van der Waals surface area contributed by atoms with E-state index in [1.54, 1.807) is 0 Å². The van der Waals surface area contributed by atoms with Crippen LogP contribution in [0.5, 0.6) is 17.6 Å². The Morgan fingerprint density at radius 1 is 1.10 bits per heavy atom. The highest BCUT2D eigenvalue weighted by molar-refractivity contribution is 7.87. The largest absolute Gasteiger partial charge is 0.475 e. The standard InChI is InChI=1S/C40H34F3N7O7S/c1-2-25-27(42)10-8-21-14-24(57-58(53,54)31-7-4-3-6-29(31)50(51)52)15-26(32(21)25)35-34(43)36-33-37(49-18-23-9-11-28(44-23)30(49)19-55-38(33)45-35)47-39(46-36)56-20-40-12-5-13-48(40)17-22(41)16-40/h1,3-4,6-8,10,14-15,22-23,28,30,44H,5,9,11-13,16-20H2/t22-,23-,28+,30-,40+/m1/s1. The lowest BCUT2D eigenvalue weighted by molar-refractivity contribution is -0.387. The number of aromatic nitrogens is 3. The number of para-hydroxylation sites is 1. The number of nitrogens with zero attached hydrogens (tertiary/aromatic N) is 6. The molecule has 10 rings (SSSR count). The first kappa shape index (κ1) is 36.6. The van der Waals surface area contributed by atoms with Gasteiger partial charge in [-0.1, -0.05) is 24.1 Å². The van der Waals surface area contributed by atoms with Gasteiger partial charge in [-0.05, 0) is 61.9 Å². The summed E-state index contributed by atoms with van der Waals surface area (Å²) < 4.78 is 93.0. The number of nitro groups is 1. The molecule has 5 aliphatic heterocycles. The minimum absolute atomic E-state index is 0.0108. The van der Waals surface area contributed by atoms with E-state index in [9.17, 15) is 22.9 Å². The van der Waals surface area contributed by atoms with Crippen molar-refractivity contribution in [3.05, 3.63) is 75.8 Å². The third-order valence-corrected chi connectivity index (χ3v) is 13.4. The Hall–Kier alpha value is -5.77. The predicted molar refractivity (Wildman–Crippen MR) is 204 cm³/mol. The number of terminal acetylenes is 1. The van der Waals surface area contributed by atoms with E-state index in [1.165, 1.54) is 24.3 Å². The molecule has 0 saturated carbocycles. The molecule has 2 aromatic heterocycles. The monoisotopic (exact) mass is 813 g/mol. The maximum absolute atomic E-state index is 17.6. The van der Waals surface area contributed by atoms with Crippen LogP contribution in [0.3, 0.4) is 0 Å². The van der Waals surface area contributed by atoms with Crippen molar-refractivity contribution in [1.29, 1.82) is 0 Å². The lowest BCUT2D eigenvalue weighted by atomic mass is 9.95. The molecule has 18 heteroatoms. The van der Waals surface area contributed by atoms with Crippen molar-refractivity contribution in [3.8, 4) is 41.2 Å². The van der Waals surface area contributed by atoms with Crippen molar-refractivity contribution in [1.82, 2.24) is 25.2 Å². The second kappa shape index (κ2) is 13.4. The fourth-order valence-corrected chi connectivity index (χ4v) is 10.7. The van der Waals surface area contributed by atoms with Crippen molar-refractivity contribution in [3.63, 3.8) is 0 Å². The van der Waals surface area contributed by atoms with E-state index in [1.807, 2.05) is 0 Å². The summed E-state index contributed by atoms with van der Waals surface area (Å²) in [6.45, 7) is 1.82. The highest BCUT2D eigenvalue weighted by Crippen LogP contribution is 2.46. The van der Waals surface area contributed by atoms with Gasteiger partial charge in [0.1, 0.15) is 53.4 Å². The molecule has 0 spiro atoms. The highest BCUT2D eigenvalue weighted by Gasteiger charge is 2.50. The van der Waals surface area contributed by atoms with Crippen molar-refractivity contribution in [2.24, 2.45) is 0 Å². The summed E-state index contributed by atoms with van der Waals surface area (Å²) in [5.41, 5.74) is -2.34. The van der Waals surface area contributed by atoms with Crippen LogP contribution in [0, 0.1) is 34.1 Å². The molecule has 7 heterocycles. The Bertz CT molecular complexity index is 2740. The Balaban J connectivity index is 1.16. The van der Waals surface area contributed by atoms with E-state index in [0.29, 0.717) is 25.3 Å². The molecule has 2 bridgehead atoms. The number of rotatable bonds is 8. The van der Waals surface area contributed by atoms with Crippen LogP contribution in [0.1, 0.15) is 37.7 Å². The maximum atomic E-state index is 17.6. The number of piperazine rings is 1. The quantitative estimate of drug-likeness (QED) is 0.0914. The van der Waals surface area contributed by atoms with E-state index in [-0.39, 0.29) is 76.0 Å². The Kier molecular flexibility index (Phi) is 8.44. The summed E-state index contributed by atoms with van der Waals surface area (Å²) in [4.78, 5) is 28.4. The zero-order valence-electron chi connectivity index (χ0n) is 30.7. The average molecular weight is 814 g/mol. The van der Waals surface area contributed by atoms with Gasteiger partial charge in [0.25, 0.3) is 5.69 Å². The van der Waals surface area contributed by atoms with Gasteiger partial charge in [0.15, 0.2) is 10.7 Å². The first-order valence-electron chi connectivity index (χ1n) is 18.9. The molecule has 5 atom stereocenters. The van der Waals surface area contributed by atoms with Crippen LogP contribution in [-0.4, -0.2) is 95.9 Å². The van der Waals surface area contributed by atoms with Crippen LogP contribution >= 0.6 is 0 Å². The highest BCUT2D eigenvalue weighted by atomic mass is 32.2. The molecular formula is C40H34F3N7O7S. The zero-order chi connectivity index (χ0) is 40.1. The molecular weight excluding hydrogens is 780 g/mol. The van der Waals surface area contributed by atoms with E-state index in [4.69, 9.17) is 25.1 Å². The number of nitro benzene ring substituents is 1. The second-order valence-electron chi connectivity index (χ2n) is 15.5. The molecule has 58 heavy (non-hydrogen) atoms. The number of hydrogen-bond acceptors (Lipinski definition) is 13. The maximum Gasteiger partial charge on any atom is 0.346 e. The Labute approximate surface area is 329 Å². The lowest BCUT2D eigenvalue weighted by Gasteiger charge is -2.40. The summed E-state index contributed by atoms with van der Waals surface area (Å²) >= 11 is 0. The van der Waals surface area contributed by atoms with Crippen molar-refractivity contribution in [2.75, 3.05) is 37.7 Å². The first-order valence-corrected chi connectivity index (χ1v) is 20.3. The molecule has 4 saturated heterocycles. The lowest BCUT2D eigenvalue weighted by Crippen LogP contribution is -2.60. The number of alkyl halides is 1. The van der Waals surface area contributed by atoms with Gasteiger partial charge >= 0.3 is 16.1 Å². The molecule has 1 N–H and O–H groups in total. The summed E-state index contributed by atoms with van der Waals surface area (Å²) in [5, 5.41) is 15.7. The number of hydrogen-bond donors (Lipinski definition) is 1. The summed E-state index contributed by atoms with van der Waals surface area (Å²) in [6, 6.07) is 9.25. The molecule has 0 unspecified atom stereocenters. The van der Waals surface area contributed by atoms with Gasteiger partial charge in [-0.3, -0.25) is 15.0 Å². The van der Waals surface area contributed by atoms with Crippen LogP contribution in [0.2, 0.25) is 0 Å². The van der Waals surface area contributed by atoms with Crippen LogP contribution < -0.4 is 23.9 Å². The molecule has 298 valence electrons. The summed E-state index contributed by atoms with van der Waals surface area (Å²) in [6.07, 6.45) is 8.53. The number of anilines is 1. The fraction of sp³-hybridized carbons (Fsp3) is 0.375. The van der Waals surface area contributed by atoms with Gasteiger partial charge in [-0.2, -0.15) is 18.4 Å². The minimum Gasteiger partial charge on any atom is -0.475 e. The summed E-state index contributed by atoms with van der Waals surface area (Å²) in [5.74, 6) is 0.455. The molecule has 0 radical (unpaired) electrons. The molecule has 14 nitrogen and oxygen atoms in total. The molecule has 0 amide bonds. The smallest absolute Gasteiger partial charge is 0.346 e. The first-order chi connectivity index (χ1) is 27.9. The van der Waals surface area contributed by atoms with E-state index in [0.717, 1.165) is 56.5 Å². The van der Waals surface area contributed by atoms with Gasteiger partial charge in [-0.25, -0.2) is 18.2 Å². The van der Waals surface area contributed by atoms with Crippen molar-refractivity contribution in [2.45, 2.75) is 66.8 Å². The number of pyridine rings is 1. The molecule has 5 aliphatic rings. The van der Waals surface area contributed by atoms with E-state index >= 15 is 8.78 Å². The van der Waals surface area contributed by atoms with Gasteiger partial charge < -0.3 is 23.9 Å². The third kappa shape index (κ3) is 5.77. The molecule has 0 aliphatic carbocycles. The zero-order valence-corrected chi connectivity index (χ0v) is 31.5. The molecule has 5 aromatic rings. The third-order valence-electron chi connectivity index (χ3n) is 12.1. The van der Waals surface area contributed by atoms with Crippen LogP contribution in [0.4, 0.5) is 24.7 Å². The average Bonchev–Trinajstić information content (AvgIpc) is 3.84. The van der Waals surface area contributed by atoms with Gasteiger partial charge in [0.05, 0.1) is 22.1 Å². The number of fused-ring (bicyclic) bond motifs is 7. The van der Waals surface area contributed by atoms with Gasteiger partial charge in [0.2, 0.25) is 5.88 Å². The normalized spacial score (nSPS) is 24.9. The fourth-order valence-electron chi connectivity index (χ4n) is 9.59.